The Bertz CT molecular complexity index is 1700. The van der Waals surface area contributed by atoms with Crippen LogP contribution in [-0.2, 0) is 14.4 Å². The van der Waals surface area contributed by atoms with Gasteiger partial charge in [-0.25, -0.2) is 9.91 Å². The molecule has 0 saturated carbocycles. The summed E-state index contributed by atoms with van der Waals surface area (Å²) >= 11 is 0. The van der Waals surface area contributed by atoms with Crippen molar-refractivity contribution >= 4 is 39.9 Å². The number of imide groups is 1. The number of anilines is 1. The largest absolute Gasteiger partial charge is 0.271 e. The molecule has 3 atom stereocenters. The fraction of sp³-hybridized carbons (Fsp3) is 0.161. The number of amides is 3. The van der Waals surface area contributed by atoms with Gasteiger partial charge in [-0.2, -0.15) is 10.2 Å². The van der Waals surface area contributed by atoms with E-state index in [-0.39, 0.29) is 18.5 Å². The summed E-state index contributed by atoms with van der Waals surface area (Å²) in [6.45, 7) is -0.234. The molecule has 3 heterocycles. The minimum atomic E-state index is -0.973. The Labute approximate surface area is 230 Å². The van der Waals surface area contributed by atoms with Crippen LogP contribution >= 0.6 is 0 Å². The Morgan fingerprint density at radius 1 is 0.800 bits per heavy atom. The molecular weight excluding hydrogens is 504 g/mol. The van der Waals surface area contributed by atoms with Crippen molar-refractivity contribution in [3.05, 3.63) is 114 Å². The van der Waals surface area contributed by atoms with Gasteiger partial charge in [-0.3, -0.25) is 19.4 Å². The topological polar surface area (TPSA) is 98.0 Å². The zero-order valence-electron chi connectivity index (χ0n) is 21.4. The van der Waals surface area contributed by atoms with E-state index in [2.05, 4.69) is 28.5 Å². The van der Waals surface area contributed by atoms with Gasteiger partial charge in [-0.15, -0.1) is 0 Å². The van der Waals surface area contributed by atoms with Crippen LogP contribution in [0.2, 0.25) is 0 Å². The number of para-hydroxylation sites is 1. The number of benzene rings is 4. The molecule has 0 radical (unpaired) electrons. The second kappa shape index (κ2) is 9.53. The van der Waals surface area contributed by atoms with Crippen LogP contribution in [-0.4, -0.2) is 52.1 Å². The second-order valence-corrected chi connectivity index (χ2v) is 9.98. The molecule has 4 aromatic rings. The van der Waals surface area contributed by atoms with Gasteiger partial charge in [0.05, 0.1) is 17.4 Å². The highest BCUT2D eigenvalue weighted by Crippen LogP contribution is 2.36. The van der Waals surface area contributed by atoms with Crippen molar-refractivity contribution < 1.29 is 14.4 Å². The van der Waals surface area contributed by atoms with Crippen molar-refractivity contribution in [1.29, 1.82) is 0 Å². The minimum absolute atomic E-state index is 0.234. The molecule has 9 nitrogen and oxygen atoms in total. The van der Waals surface area contributed by atoms with Crippen LogP contribution < -0.4 is 4.90 Å². The Kier molecular flexibility index (Phi) is 5.70. The van der Waals surface area contributed by atoms with Gasteiger partial charge in [0.2, 0.25) is 0 Å². The van der Waals surface area contributed by atoms with Crippen molar-refractivity contribution in [2.24, 2.45) is 15.4 Å². The minimum Gasteiger partial charge on any atom is -0.271 e. The van der Waals surface area contributed by atoms with Crippen LogP contribution in [0.15, 0.2) is 119 Å². The first kappa shape index (κ1) is 23.9. The van der Waals surface area contributed by atoms with Gasteiger partial charge < -0.3 is 0 Å². The van der Waals surface area contributed by atoms with Gasteiger partial charge in [0, 0.05) is 12.0 Å². The number of carbonyl (C=O) groups excluding carboxylic acids is 3. The van der Waals surface area contributed by atoms with Crippen molar-refractivity contribution in [1.82, 2.24) is 10.0 Å². The fourth-order valence-corrected chi connectivity index (χ4v) is 5.71. The molecular formula is C31H24N6O3. The molecule has 0 bridgehead atoms. The van der Waals surface area contributed by atoms with Crippen LogP contribution in [0.1, 0.15) is 23.6 Å². The van der Waals surface area contributed by atoms with Gasteiger partial charge in [-0.1, -0.05) is 96.2 Å². The van der Waals surface area contributed by atoms with E-state index in [4.69, 9.17) is 5.10 Å². The van der Waals surface area contributed by atoms with Gasteiger partial charge in [0.1, 0.15) is 6.54 Å². The molecule has 0 aromatic heterocycles. The maximum atomic E-state index is 13.8. The Balaban J connectivity index is 1.19. The van der Waals surface area contributed by atoms with E-state index in [9.17, 15) is 14.4 Å². The molecule has 1 saturated heterocycles. The molecule has 3 aliphatic rings. The summed E-state index contributed by atoms with van der Waals surface area (Å²) < 4.78 is 0. The molecule has 0 aliphatic carbocycles. The standard InChI is InChI=1S/C31H24N6O3/c38-27(19-35-29-28(32-34-35)30(39)36(31(29)40)22-14-5-2-6-15-22)37-26(21-11-3-1-4-12-21)18-25(33-37)24-17-9-13-20-10-7-8-16-23(20)24/h1-17,26,28-29H,18-19H2/t26-,28-,29+/m0/s1. The molecule has 0 spiro atoms. The Morgan fingerprint density at radius 2 is 1.50 bits per heavy atom. The number of hydrazone groups is 1. The number of rotatable bonds is 5. The normalized spacial score (nSPS) is 21.9. The second-order valence-electron chi connectivity index (χ2n) is 9.98. The van der Waals surface area contributed by atoms with E-state index >= 15 is 0 Å². The van der Waals surface area contributed by atoms with E-state index in [0.29, 0.717) is 12.1 Å². The van der Waals surface area contributed by atoms with Crippen molar-refractivity contribution in [3.63, 3.8) is 0 Å². The number of hydrogen-bond donors (Lipinski definition) is 0. The lowest BCUT2D eigenvalue weighted by Gasteiger charge is -2.25. The molecule has 4 aromatic carbocycles. The van der Waals surface area contributed by atoms with Crippen molar-refractivity contribution in [2.45, 2.75) is 24.5 Å². The smallest absolute Gasteiger partial charge is 0.264 e. The maximum Gasteiger partial charge on any atom is 0.264 e. The van der Waals surface area contributed by atoms with Crippen molar-refractivity contribution in [2.75, 3.05) is 11.4 Å². The number of nitrogens with zero attached hydrogens (tertiary/aromatic N) is 6. The third-order valence-corrected chi connectivity index (χ3v) is 7.62. The highest BCUT2D eigenvalue weighted by molar-refractivity contribution is 6.25. The predicted molar refractivity (Wildman–Crippen MR) is 149 cm³/mol. The Hall–Kier alpha value is -5.18. The van der Waals surface area contributed by atoms with Gasteiger partial charge in [0.15, 0.2) is 12.1 Å². The lowest BCUT2D eigenvalue weighted by Crippen LogP contribution is -2.44. The number of hydrogen-bond acceptors (Lipinski definition) is 7. The summed E-state index contributed by atoms with van der Waals surface area (Å²) in [5.74, 6) is -1.22. The monoisotopic (exact) mass is 528 g/mol. The zero-order chi connectivity index (χ0) is 27.2. The summed E-state index contributed by atoms with van der Waals surface area (Å²) in [5.41, 5.74) is 3.21. The van der Waals surface area contributed by atoms with E-state index in [1.807, 2.05) is 60.7 Å². The zero-order valence-corrected chi connectivity index (χ0v) is 21.4. The van der Waals surface area contributed by atoms with Crippen LogP contribution in [0.3, 0.4) is 0 Å². The van der Waals surface area contributed by atoms with Crippen LogP contribution in [0.5, 0.6) is 0 Å². The quantitative estimate of drug-likeness (QED) is 0.356. The number of carbonyl (C=O) groups is 3. The van der Waals surface area contributed by atoms with Crippen LogP contribution in [0.25, 0.3) is 10.8 Å². The molecule has 0 unspecified atom stereocenters. The lowest BCUT2D eigenvalue weighted by molar-refractivity contribution is -0.135. The lowest BCUT2D eigenvalue weighted by atomic mass is 9.95. The summed E-state index contributed by atoms with van der Waals surface area (Å²) in [6.07, 6.45) is 0.538. The molecule has 7 rings (SSSR count). The van der Waals surface area contributed by atoms with Crippen LogP contribution in [0.4, 0.5) is 5.69 Å². The average molecular weight is 529 g/mol. The van der Waals surface area contributed by atoms with Crippen LogP contribution in [0, 0.1) is 0 Å². The summed E-state index contributed by atoms with van der Waals surface area (Å²) in [4.78, 5) is 41.3. The molecule has 9 heteroatoms. The first-order valence-electron chi connectivity index (χ1n) is 13.1. The highest BCUT2D eigenvalue weighted by Gasteiger charge is 2.55. The molecule has 40 heavy (non-hydrogen) atoms. The first-order chi connectivity index (χ1) is 19.6. The molecule has 3 amide bonds. The number of fused-ring (bicyclic) bond motifs is 2. The fourth-order valence-electron chi connectivity index (χ4n) is 5.71. The summed E-state index contributed by atoms with van der Waals surface area (Å²) in [6, 6.07) is 30.4. The molecule has 0 N–H and O–H groups in total. The molecule has 1 fully saturated rings. The Morgan fingerprint density at radius 3 is 2.30 bits per heavy atom. The van der Waals surface area contributed by atoms with E-state index in [1.165, 1.54) is 10.0 Å². The van der Waals surface area contributed by atoms with Crippen molar-refractivity contribution in [3.8, 4) is 0 Å². The first-order valence-corrected chi connectivity index (χ1v) is 13.1. The van der Waals surface area contributed by atoms with Gasteiger partial charge in [-0.05, 0) is 28.5 Å². The third kappa shape index (κ3) is 3.86. The third-order valence-electron chi connectivity index (χ3n) is 7.62. The van der Waals surface area contributed by atoms with E-state index in [0.717, 1.165) is 32.5 Å². The maximum absolute atomic E-state index is 13.8. The molecule has 3 aliphatic heterocycles. The van der Waals surface area contributed by atoms with Gasteiger partial charge in [0.25, 0.3) is 17.7 Å². The van der Waals surface area contributed by atoms with E-state index in [1.54, 1.807) is 24.3 Å². The summed E-state index contributed by atoms with van der Waals surface area (Å²) in [5, 5.41) is 18.0. The predicted octanol–water partition coefficient (Wildman–Crippen LogP) is 4.51. The SMILES string of the molecule is O=C1[C@H]2N=NN(CC(=O)N3N=C(c4cccc5ccccc45)C[C@H]3c3ccccc3)[C@H]2C(=O)N1c1ccccc1. The highest BCUT2D eigenvalue weighted by atomic mass is 16.2. The van der Waals surface area contributed by atoms with E-state index < -0.39 is 23.9 Å². The summed E-state index contributed by atoms with van der Waals surface area (Å²) in [7, 11) is 0. The van der Waals surface area contributed by atoms with Gasteiger partial charge >= 0.3 is 0 Å². The average Bonchev–Trinajstić information content (AvgIpc) is 3.69. The molecule has 196 valence electrons.